The number of nitrogens with zero attached hydrogens (tertiary/aromatic N) is 1. The number of amides is 3. The monoisotopic (exact) mass is 370 g/mol. The average Bonchev–Trinajstić information content (AvgIpc) is 2.57. The fourth-order valence-corrected chi connectivity index (χ4v) is 2.94. The first-order valence-electron chi connectivity index (χ1n) is 8.47. The van der Waals surface area contributed by atoms with Crippen molar-refractivity contribution in [2.75, 3.05) is 31.5 Å². The van der Waals surface area contributed by atoms with E-state index >= 15 is 0 Å². The summed E-state index contributed by atoms with van der Waals surface area (Å²) in [6.07, 6.45) is 1.72. The van der Waals surface area contributed by atoms with E-state index < -0.39 is 6.61 Å². The van der Waals surface area contributed by atoms with Gasteiger partial charge in [-0.25, -0.2) is 4.79 Å². The molecule has 0 radical (unpaired) electrons. The second-order valence-electron chi connectivity index (χ2n) is 6.28. The Hall–Kier alpha value is -2.42. The number of halogens is 2. The van der Waals surface area contributed by atoms with Gasteiger partial charge in [0, 0.05) is 25.3 Å². The van der Waals surface area contributed by atoms with Gasteiger partial charge >= 0.3 is 12.6 Å². The number of carbonyl (C=O) groups is 2. The van der Waals surface area contributed by atoms with E-state index in [4.69, 9.17) is 5.73 Å². The summed E-state index contributed by atoms with van der Waals surface area (Å²) in [5.41, 5.74) is 6.47. The summed E-state index contributed by atoms with van der Waals surface area (Å²) >= 11 is 0. The number of anilines is 1. The number of nitrogens with two attached hydrogens (primary N) is 1. The molecule has 1 saturated heterocycles. The zero-order chi connectivity index (χ0) is 19.1. The van der Waals surface area contributed by atoms with E-state index in [-0.39, 0.29) is 23.6 Å². The van der Waals surface area contributed by atoms with Crippen molar-refractivity contribution in [2.24, 2.45) is 11.7 Å². The number of hydrogen-bond donors (Lipinski definition) is 3. The summed E-state index contributed by atoms with van der Waals surface area (Å²) in [6, 6.07) is 3.92. The molecule has 0 spiro atoms. The van der Waals surface area contributed by atoms with Crippen LogP contribution in [-0.2, 0) is 4.79 Å². The number of likely N-dealkylation sites (tertiary alicyclic amines) is 1. The van der Waals surface area contributed by atoms with Crippen molar-refractivity contribution in [3.05, 3.63) is 23.8 Å². The van der Waals surface area contributed by atoms with Gasteiger partial charge in [-0.15, -0.1) is 0 Å². The third kappa shape index (κ3) is 6.14. The van der Waals surface area contributed by atoms with Crippen LogP contribution in [0.4, 0.5) is 19.3 Å². The van der Waals surface area contributed by atoms with Crippen molar-refractivity contribution in [1.29, 1.82) is 0 Å². The van der Waals surface area contributed by atoms with Crippen molar-refractivity contribution < 1.29 is 23.1 Å². The number of piperidine rings is 1. The van der Waals surface area contributed by atoms with Gasteiger partial charge in [0.05, 0.1) is 5.92 Å². The molecule has 1 atom stereocenters. The highest BCUT2D eigenvalue weighted by atomic mass is 19.3. The molecule has 26 heavy (non-hydrogen) atoms. The number of urea groups is 1. The van der Waals surface area contributed by atoms with Gasteiger partial charge in [-0.1, -0.05) is 0 Å². The lowest BCUT2D eigenvalue weighted by Gasteiger charge is -2.31. The van der Waals surface area contributed by atoms with Crippen LogP contribution >= 0.6 is 0 Å². The van der Waals surface area contributed by atoms with Gasteiger partial charge in [0.1, 0.15) is 5.75 Å². The topological polar surface area (TPSA) is 96.7 Å². The van der Waals surface area contributed by atoms with E-state index in [1.807, 2.05) is 0 Å². The van der Waals surface area contributed by atoms with Crippen LogP contribution in [0.25, 0.3) is 0 Å². The molecule has 0 saturated carbocycles. The largest absolute Gasteiger partial charge is 0.435 e. The Labute approximate surface area is 150 Å². The number of aryl methyl sites for hydroxylation is 1. The third-order valence-corrected chi connectivity index (χ3v) is 4.29. The maximum absolute atomic E-state index is 12.2. The predicted octanol–water partition coefficient (Wildman–Crippen LogP) is 1.92. The quantitative estimate of drug-likeness (QED) is 0.683. The molecule has 1 aromatic carbocycles. The number of hydrogen-bond acceptors (Lipinski definition) is 4. The van der Waals surface area contributed by atoms with E-state index in [9.17, 15) is 18.4 Å². The zero-order valence-corrected chi connectivity index (χ0v) is 14.6. The van der Waals surface area contributed by atoms with Gasteiger partial charge in [-0.05, 0) is 50.1 Å². The molecule has 2 rings (SSSR count). The standard InChI is InChI=1S/C17H24F2N4O3/c1-11-9-13(26-16(18)19)4-5-14(11)22-17(25)21-6-8-23-7-2-3-12(10-23)15(20)24/h4-5,9,12,16H,2-3,6-8,10H2,1H3,(H2,20,24)(H2,21,22,25)/t12-/m1/s1. The summed E-state index contributed by atoms with van der Waals surface area (Å²) in [4.78, 5) is 25.3. The van der Waals surface area contributed by atoms with Crippen LogP contribution in [-0.4, -0.2) is 49.6 Å². The summed E-state index contributed by atoms with van der Waals surface area (Å²) in [5.74, 6) is -0.373. The average molecular weight is 370 g/mol. The molecule has 0 aromatic heterocycles. The number of carbonyl (C=O) groups excluding carboxylic acids is 2. The summed E-state index contributed by atoms with van der Waals surface area (Å²) in [7, 11) is 0. The van der Waals surface area contributed by atoms with Gasteiger partial charge in [-0.3, -0.25) is 4.79 Å². The first-order valence-corrected chi connectivity index (χ1v) is 8.47. The van der Waals surface area contributed by atoms with Crippen LogP contribution in [0.15, 0.2) is 18.2 Å². The molecule has 7 nitrogen and oxygen atoms in total. The number of nitrogens with one attached hydrogen (secondary N) is 2. The highest BCUT2D eigenvalue weighted by Gasteiger charge is 2.23. The number of primary amides is 1. The Kier molecular flexibility index (Phi) is 7.14. The highest BCUT2D eigenvalue weighted by Crippen LogP contribution is 2.22. The Morgan fingerprint density at radius 1 is 1.42 bits per heavy atom. The van der Waals surface area contributed by atoms with Gasteiger partial charge in [0.25, 0.3) is 0 Å². The summed E-state index contributed by atoms with van der Waals surface area (Å²) in [5, 5.41) is 5.41. The second kappa shape index (κ2) is 9.33. The molecule has 1 aromatic rings. The molecule has 0 aliphatic carbocycles. The van der Waals surface area contributed by atoms with Crippen molar-refractivity contribution in [3.63, 3.8) is 0 Å². The number of ether oxygens (including phenoxy) is 1. The lowest BCUT2D eigenvalue weighted by atomic mass is 9.97. The van der Waals surface area contributed by atoms with Gasteiger partial charge in [0.15, 0.2) is 0 Å². The molecule has 1 aliphatic heterocycles. The molecule has 1 heterocycles. The first-order chi connectivity index (χ1) is 12.3. The number of benzene rings is 1. The third-order valence-electron chi connectivity index (χ3n) is 4.29. The van der Waals surface area contributed by atoms with Crippen molar-refractivity contribution in [2.45, 2.75) is 26.4 Å². The Morgan fingerprint density at radius 2 is 2.19 bits per heavy atom. The minimum Gasteiger partial charge on any atom is -0.435 e. The number of alkyl halides is 2. The van der Waals surface area contributed by atoms with Gasteiger partial charge in [-0.2, -0.15) is 8.78 Å². The minimum absolute atomic E-state index is 0.0394. The van der Waals surface area contributed by atoms with Crippen LogP contribution in [0, 0.1) is 12.8 Å². The molecule has 0 unspecified atom stereocenters. The van der Waals surface area contributed by atoms with E-state index in [1.165, 1.54) is 18.2 Å². The fraction of sp³-hybridized carbons (Fsp3) is 0.529. The Balaban J connectivity index is 1.76. The second-order valence-corrected chi connectivity index (χ2v) is 6.28. The molecule has 1 aliphatic rings. The van der Waals surface area contributed by atoms with Gasteiger partial charge < -0.3 is 26.0 Å². The molecule has 3 amide bonds. The molecule has 4 N–H and O–H groups in total. The van der Waals surface area contributed by atoms with Crippen molar-refractivity contribution in [1.82, 2.24) is 10.2 Å². The predicted molar refractivity (Wildman–Crippen MR) is 93.2 cm³/mol. The van der Waals surface area contributed by atoms with Crippen LogP contribution in [0.2, 0.25) is 0 Å². The number of rotatable bonds is 7. The van der Waals surface area contributed by atoms with Crippen LogP contribution in [0.5, 0.6) is 5.75 Å². The van der Waals surface area contributed by atoms with Gasteiger partial charge in [0.2, 0.25) is 5.91 Å². The molecular weight excluding hydrogens is 346 g/mol. The first kappa shape index (κ1) is 19.9. The molecule has 1 fully saturated rings. The normalized spacial score (nSPS) is 17.8. The lowest BCUT2D eigenvalue weighted by molar-refractivity contribution is -0.123. The van der Waals surface area contributed by atoms with E-state index in [0.29, 0.717) is 30.9 Å². The molecule has 144 valence electrons. The summed E-state index contributed by atoms with van der Waals surface area (Å²) < 4.78 is 28.7. The fourth-order valence-electron chi connectivity index (χ4n) is 2.94. The van der Waals surface area contributed by atoms with E-state index in [0.717, 1.165) is 19.4 Å². The minimum atomic E-state index is -2.89. The molecule has 9 heteroatoms. The SMILES string of the molecule is Cc1cc(OC(F)F)ccc1NC(=O)NCCN1CCC[C@@H](C(N)=O)C1. The maximum atomic E-state index is 12.2. The van der Waals surface area contributed by atoms with Crippen LogP contribution < -0.4 is 21.1 Å². The molecule has 0 bridgehead atoms. The van der Waals surface area contributed by atoms with Crippen LogP contribution in [0.1, 0.15) is 18.4 Å². The highest BCUT2D eigenvalue weighted by molar-refractivity contribution is 5.90. The van der Waals surface area contributed by atoms with Crippen molar-refractivity contribution in [3.8, 4) is 5.75 Å². The summed E-state index contributed by atoms with van der Waals surface area (Å²) in [6.45, 7) is 1.33. The Bertz CT molecular complexity index is 642. The van der Waals surface area contributed by atoms with E-state index in [1.54, 1.807) is 6.92 Å². The van der Waals surface area contributed by atoms with Crippen molar-refractivity contribution >= 4 is 17.6 Å². The zero-order valence-electron chi connectivity index (χ0n) is 14.6. The smallest absolute Gasteiger partial charge is 0.387 e. The Morgan fingerprint density at radius 3 is 2.85 bits per heavy atom. The molecular formula is C17H24F2N4O3. The van der Waals surface area contributed by atoms with E-state index in [2.05, 4.69) is 20.3 Å². The maximum Gasteiger partial charge on any atom is 0.387 e. The lowest BCUT2D eigenvalue weighted by Crippen LogP contribution is -2.44. The van der Waals surface area contributed by atoms with Crippen LogP contribution in [0.3, 0.4) is 0 Å².